The van der Waals surface area contributed by atoms with Gasteiger partial charge in [0.1, 0.15) is 5.75 Å². The molecular formula is C16H15ClF3NO. The predicted octanol–water partition coefficient (Wildman–Crippen LogP) is 4.94. The second-order valence-electron chi connectivity index (χ2n) is 4.69. The summed E-state index contributed by atoms with van der Waals surface area (Å²) in [5.41, 5.74) is 2.43. The highest BCUT2D eigenvalue weighted by molar-refractivity contribution is 6.32. The van der Waals surface area contributed by atoms with Gasteiger partial charge < -0.3 is 9.64 Å². The summed E-state index contributed by atoms with van der Waals surface area (Å²) in [6.45, 7) is 5.28. The smallest absolute Gasteiger partial charge is 0.422 e. The van der Waals surface area contributed by atoms with E-state index in [1.807, 2.05) is 17.9 Å². The molecule has 1 heterocycles. The Labute approximate surface area is 132 Å². The average molecular weight is 330 g/mol. The van der Waals surface area contributed by atoms with Crippen molar-refractivity contribution in [3.63, 3.8) is 0 Å². The number of nitrogens with zero attached hydrogens (tertiary/aromatic N) is 1. The Morgan fingerprint density at radius 3 is 2.36 bits per heavy atom. The van der Waals surface area contributed by atoms with Gasteiger partial charge in [-0.05, 0) is 48.9 Å². The average Bonchev–Trinajstić information content (AvgIpc) is 2.47. The summed E-state index contributed by atoms with van der Waals surface area (Å²) in [4.78, 5) is 1.94. The van der Waals surface area contributed by atoms with Crippen LogP contribution in [0.15, 0.2) is 53.7 Å². The third kappa shape index (κ3) is 3.85. The van der Waals surface area contributed by atoms with Crippen LogP contribution in [0.4, 0.5) is 13.2 Å². The van der Waals surface area contributed by atoms with Crippen molar-refractivity contribution in [1.82, 2.24) is 4.90 Å². The van der Waals surface area contributed by atoms with Gasteiger partial charge in [0, 0.05) is 12.2 Å². The number of alkyl halides is 3. The van der Waals surface area contributed by atoms with E-state index in [1.165, 1.54) is 12.1 Å². The fourth-order valence-electron chi connectivity index (χ4n) is 2.11. The van der Waals surface area contributed by atoms with Gasteiger partial charge in [-0.3, -0.25) is 0 Å². The van der Waals surface area contributed by atoms with Crippen LogP contribution in [0, 0.1) is 0 Å². The van der Waals surface area contributed by atoms with Crippen LogP contribution in [-0.2, 0) is 0 Å². The van der Waals surface area contributed by atoms with Gasteiger partial charge in [-0.25, -0.2) is 0 Å². The third-order valence-corrected chi connectivity index (χ3v) is 3.49. The molecule has 118 valence electrons. The van der Waals surface area contributed by atoms with Gasteiger partial charge in [-0.15, -0.1) is 0 Å². The third-order valence-electron chi connectivity index (χ3n) is 3.15. The van der Waals surface area contributed by atoms with Crippen LogP contribution in [0.2, 0.25) is 0 Å². The molecule has 0 radical (unpaired) electrons. The molecule has 0 N–H and O–H groups in total. The maximum Gasteiger partial charge on any atom is 0.422 e. The second kappa shape index (κ2) is 6.48. The molecule has 0 saturated heterocycles. The maximum atomic E-state index is 12.1. The lowest BCUT2D eigenvalue weighted by molar-refractivity contribution is -0.153. The molecule has 0 spiro atoms. The summed E-state index contributed by atoms with van der Waals surface area (Å²) >= 11 is 6.05. The quantitative estimate of drug-likeness (QED) is 0.775. The zero-order valence-corrected chi connectivity index (χ0v) is 12.7. The van der Waals surface area contributed by atoms with Gasteiger partial charge in [0.25, 0.3) is 0 Å². The molecule has 0 fully saturated rings. The number of hydrogen-bond donors (Lipinski definition) is 0. The minimum Gasteiger partial charge on any atom is -0.484 e. The van der Waals surface area contributed by atoms with Gasteiger partial charge in [0.15, 0.2) is 6.61 Å². The van der Waals surface area contributed by atoms with E-state index >= 15 is 0 Å². The van der Waals surface area contributed by atoms with Crippen molar-refractivity contribution in [3.8, 4) is 5.75 Å². The molecule has 1 aliphatic rings. The molecule has 0 aliphatic carbocycles. The van der Waals surface area contributed by atoms with Crippen molar-refractivity contribution in [2.24, 2.45) is 0 Å². The highest BCUT2D eigenvalue weighted by Crippen LogP contribution is 2.32. The zero-order chi connectivity index (χ0) is 16.3. The predicted molar refractivity (Wildman–Crippen MR) is 81.4 cm³/mol. The second-order valence-corrected chi connectivity index (χ2v) is 5.09. The SMILES string of the molecule is C=C1C(Cl)=CC=C(c2ccc(OCC(F)(F)F)cc2)N1CC. The first kappa shape index (κ1) is 16.5. The van der Waals surface area contributed by atoms with Gasteiger partial charge >= 0.3 is 6.18 Å². The van der Waals surface area contributed by atoms with E-state index in [-0.39, 0.29) is 5.75 Å². The summed E-state index contributed by atoms with van der Waals surface area (Å²) in [5.74, 6) is 0.174. The van der Waals surface area contributed by atoms with Crippen LogP contribution < -0.4 is 4.74 Å². The van der Waals surface area contributed by atoms with Crippen LogP contribution in [-0.4, -0.2) is 24.2 Å². The van der Waals surface area contributed by atoms with Crippen molar-refractivity contribution in [2.75, 3.05) is 13.2 Å². The van der Waals surface area contributed by atoms with Crippen LogP contribution in [0.3, 0.4) is 0 Å². The number of likely N-dealkylation sites (N-methyl/N-ethyl adjacent to an activating group) is 1. The van der Waals surface area contributed by atoms with Gasteiger partial charge in [0.05, 0.1) is 10.7 Å². The van der Waals surface area contributed by atoms with E-state index in [0.717, 1.165) is 11.3 Å². The highest BCUT2D eigenvalue weighted by Gasteiger charge is 2.28. The fraction of sp³-hybridized carbons (Fsp3) is 0.250. The summed E-state index contributed by atoms with van der Waals surface area (Å²) in [6, 6.07) is 6.44. The van der Waals surface area contributed by atoms with Crippen LogP contribution in [0.5, 0.6) is 5.75 Å². The molecule has 1 aromatic rings. The monoisotopic (exact) mass is 329 g/mol. The molecule has 0 saturated carbocycles. The molecule has 1 aliphatic heterocycles. The Bertz CT molecular complexity index is 617. The standard InChI is InChI=1S/C16H15ClF3NO/c1-3-21-11(2)14(17)8-9-15(21)12-4-6-13(7-5-12)22-10-16(18,19)20/h4-9H,2-3,10H2,1H3. The molecule has 0 amide bonds. The fourth-order valence-corrected chi connectivity index (χ4v) is 2.28. The Morgan fingerprint density at radius 1 is 1.18 bits per heavy atom. The first-order valence-electron chi connectivity index (χ1n) is 6.66. The van der Waals surface area contributed by atoms with E-state index in [0.29, 0.717) is 17.3 Å². The maximum absolute atomic E-state index is 12.1. The molecule has 0 bridgehead atoms. The minimum absolute atomic E-state index is 0.174. The van der Waals surface area contributed by atoms with E-state index in [1.54, 1.807) is 18.2 Å². The van der Waals surface area contributed by atoms with Crippen LogP contribution in [0.25, 0.3) is 5.70 Å². The number of allylic oxidation sites excluding steroid dienone is 3. The molecule has 0 unspecified atom stereocenters. The van der Waals surface area contributed by atoms with Gasteiger partial charge in [-0.2, -0.15) is 13.2 Å². The van der Waals surface area contributed by atoms with Crippen LogP contribution in [0.1, 0.15) is 12.5 Å². The Morgan fingerprint density at radius 2 is 1.82 bits per heavy atom. The number of hydrogen-bond acceptors (Lipinski definition) is 2. The molecule has 6 heteroatoms. The van der Waals surface area contributed by atoms with Crippen molar-refractivity contribution in [3.05, 3.63) is 59.3 Å². The van der Waals surface area contributed by atoms with Crippen molar-refractivity contribution in [2.45, 2.75) is 13.1 Å². The lowest BCUT2D eigenvalue weighted by atomic mass is 10.1. The first-order valence-corrected chi connectivity index (χ1v) is 7.04. The van der Waals surface area contributed by atoms with Crippen molar-refractivity contribution >= 4 is 17.3 Å². The summed E-state index contributed by atoms with van der Waals surface area (Å²) in [5, 5.41) is 0.565. The lowest BCUT2D eigenvalue weighted by Crippen LogP contribution is -2.23. The number of rotatable bonds is 4. The molecule has 0 aromatic heterocycles. The molecule has 0 atom stereocenters. The van der Waals surface area contributed by atoms with E-state index < -0.39 is 12.8 Å². The van der Waals surface area contributed by atoms with Crippen molar-refractivity contribution in [1.29, 1.82) is 0 Å². The normalized spacial score (nSPS) is 15.5. The number of halogens is 4. The lowest BCUT2D eigenvalue weighted by Gasteiger charge is -2.30. The molecule has 1 aromatic carbocycles. The van der Waals surface area contributed by atoms with E-state index in [9.17, 15) is 13.2 Å². The van der Waals surface area contributed by atoms with Crippen molar-refractivity contribution < 1.29 is 17.9 Å². The van der Waals surface area contributed by atoms with Gasteiger partial charge in [0.2, 0.25) is 0 Å². The first-order chi connectivity index (χ1) is 10.3. The van der Waals surface area contributed by atoms with Crippen LogP contribution >= 0.6 is 11.6 Å². The zero-order valence-electron chi connectivity index (χ0n) is 12.0. The molecule has 22 heavy (non-hydrogen) atoms. The summed E-state index contributed by atoms with van der Waals surface area (Å²) in [6.07, 6.45) is -0.742. The van der Waals surface area contributed by atoms with Gasteiger partial charge in [-0.1, -0.05) is 18.2 Å². The van der Waals surface area contributed by atoms with E-state index in [2.05, 4.69) is 6.58 Å². The Hall–Kier alpha value is -1.88. The molecule has 2 nitrogen and oxygen atoms in total. The number of ether oxygens (including phenoxy) is 1. The van der Waals surface area contributed by atoms with E-state index in [4.69, 9.17) is 16.3 Å². The number of benzene rings is 1. The minimum atomic E-state index is -4.34. The Kier molecular flexibility index (Phi) is 4.86. The highest BCUT2D eigenvalue weighted by atomic mass is 35.5. The summed E-state index contributed by atoms with van der Waals surface area (Å²) in [7, 11) is 0. The largest absolute Gasteiger partial charge is 0.484 e. The Balaban J connectivity index is 2.18. The molecular weight excluding hydrogens is 315 g/mol. The topological polar surface area (TPSA) is 12.5 Å². The molecule has 2 rings (SSSR count). The summed E-state index contributed by atoms with van der Waals surface area (Å²) < 4.78 is 41.1.